The van der Waals surface area contributed by atoms with E-state index in [-0.39, 0.29) is 37.8 Å². The predicted octanol–water partition coefficient (Wildman–Crippen LogP) is 13.0. The highest BCUT2D eigenvalue weighted by atomic mass is 35.5. The first-order valence-corrected chi connectivity index (χ1v) is 19.5. The van der Waals surface area contributed by atoms with Gasteiger partial charge in [0.05, 0.1) is 38.6 Å². The Bertz CT molecular complexity index is 1890. The monoisotopic (exact) mass is 781 g/mol. The number of amidine groups is 1. The van der Waals surface area contributed by atoms with Gasteiger partial charge < -0.3 is 4.74 Å². The summed E-state index contributed by atoms with van der Waals surface area (Å²) in [6, 6.07) is 19.8. The van der Waals surface area contributed by atoms with Gasteiger partial charge in [0.1, 0.15) is 5.69 Å². The minimum absolute atomic E-state index is 0.0972. The highest BCUT2D eigenvalue weighted by molar-refractivity contribution is 6.43. The highest BCUT2D eigenvalue weighted by Crippen LogP contribution is 2.38. The van der Waals surface area contributed by atoms with Gasteiger partial charge in [-0.25, -0.2) is 14.8 Å². The molecule has 1 saturated heterocycles. The van der Waals surface area contributed by atoms with Gasteiger partial charge in [-0.05, 0) is 48.2 Å². The zero-order valence-corrected chi connectivity index (χ0v) is 32.2. The van der Waals surface area contributed by atoms with Gasteiger partial charge in [-0.2, -0.15) is 10.2 Å². The molecule has 0 radical (unpaired) electrons. The number of amides is 1. The van der Waals surface area contributed by atoms with E-state index in [1.165, 1.54) is 76.0 Å². The van der Waals surface area contributed by atoms with Gasteiger partial charge in [0, 0.05) is 10.4 Å². The van der Waals surface area contributed by atoms with Crippen LogP contribution < -0.4 is 10.4 Å². The first-order valence-electron chi connectivity index (χ1n) is 18.0. The molecule has 1 heterocycles. The van der Waals surface area contributed by atoms with Crippen molar-refractivity contribution in [3.63, 3.8) is 0 Å². The normalized spacial score (nSPS) is 15.2. The SMILES string of the molecule is CCCCCCCCCCCCCCOC(=O)c1ccc(Cl)c(N=C2NN(c3c(Cl)cc(Cl)cc3Cl)C(=O)C2N=Nc2cccc3ccccc23)c1. The molecule has 4 aromatic rings. The Kier molecular flexibility index (Phi) is 15.2. The van der Waals surface area contributed by atoms with Crippen LogP contribution in [0.4, 0.5) is 17.1 Å². The van der Waals surface area contributed by atoms with E-state index >= 15 is 0 Å². The van der Waals surface area contributed by atoms with E-state index in [2.05, 4.69) is 27.6 Å². The van der Waals surface area contributed by atoms with E-state index in [0.717, 1.165) is 35.0 Å². The van der Waals surface area contributed by atoms with Gasteiger partial charge in [-0.15, -0.1) is 0 Å². The summed E-state index contributed by atoms with van der Waals surface area (Å²) in [5.41, 5.74) is 4.24. The van der Waals surface area contributed by atoms with E-state index in [0.29, 0.717) is 17.3 Å². The van der Waals surface area contributed by atoms with E-state index in [1.807, 2.05) is 42.5 Å². The summed E-state index contributed by atoms with van der Waals surface area (Å²) in [4.78, 5) is 31.6. The predicted molar refractivity (Wildman–Crippen MR) is 214 cm³/mol. The first-order chi connectivity index (χ1) is 25.3. The number of nitrogens with one attached hydrogen (secondary N) is 1. The van der Waals surface area contributed by atoms with E-state index in [4.69, 9.17) is 51.1 Å². The van der Waals surface area contributed by atoms with Crippen molar-refractivity contribution in [3.8, 4) is 0 Å². The zero-order chi connectivity index (χ0) is 36.9. The molecule has 8 nitrogen and oxygen atoms in total. The Hall–Kier alpha value is -3.69. The number of esters is 1. The largest absolute Gasteiger partial charge is 0.462 e. The number of halogens is 4. The van der Waals surface area contributed by atoms with Crippen molar-refractivity contribution < 1.29 is 14.3 Å². The molecule has 0 spiro atoms. The van der Waals surface area contributed by atoms with Crippen molar-refractivity contribution in [2.45, 2.75) is 90.0 Å². The Morgan fingerprint density at radius 3 is 2.08 bits per heavy atom. The number of hydrazine groups is 1. The van der Waals surface area contributed by atoms with E-state index < -0.39 is 17.9 Å². The van der Waals surface area contributed by atoms with Crippen LogP contribution in [0.2, 0.25) is 20.1 Å². The van der Waals surface area contributed by atoms with Crippen LogP contribution in [0.5, 0.6) is 0 Å². The number of aliphatic imine (C=N–C) groups is 1. The molecule has 12 heteroatoms. The molecular weight excluding hydrogens is 740 g/mol. The summed E-state index contributed by atoms with van der Waals surface area (Å²) in [5, 5.41) is 12.7. The Morgan fingerprint density at radius 1 is 0.750 bits per heavy atom. The van der Waals surface area contributed by atoms with Crippen LogP contribution >= 0.6 is 46.4 Å². The lowest BCUT2D eigenvalue weighted by atomic mass is 10.1. The number of carbonyl (C=O) groups is 2. The molecule has 52 heavy (non-hydrogen) atoms. The molecule has 1 fully saturated rings. The number of azo groups is 1. The van der Waals surface area contributed by atoms with Crippen LogP contribution in [-0.4, -0.2) is 30.4 Å². The van der Waals surface area contributed by atoms with Crippen LogP contribution in [0.15, 0.2) is 88.0 Å². The topological polar surface area (TPSA) is 95.7 Å². The fourth-order valence-corrected chi connectivity index (χ4v) is 7.18. The number of hydrogen-bond donors (Lipinski definition) is 1. The van der Waals surface area contributed by atoms with Gasteiger partial charge in [0.2, 0.25) is 6.04 Å². The minimum atomic E-state index is -1.22. The van der Waals surface area contributed by atoms with Crippen molar-refractivity contribution in [2.75, 3.05) is 11.6 Å². The summed E-state index contributed by atoms with van der Waals surface area (Å²) in [5.74, 6) is -0.923. The number of ether oxygens (including phenoxy) is 1. The molecule has 0 saturated carbocycles. The molecule has 1 N–H and O–H groups in total. The second-order valence-corrected chi connectivity index (χ2v) is 14.5. The molecule has 5 rings (SSSR count). The average Bonchev–Trinajstić information content (AvgIpc) is 3.42. The molecule has 4 aromatic carbocycles. The number of unbranched alkanes of at least 4 members (excludes halogenated alkanes) is 11. The number of anilines is 1. The third-order valence-corrected chi connectivity index (χ3v) is 9.96. The van der Waals surface area contributed by atoms with Crippen molar-refractivity contribution in [2.24, 2.45) is 15.2 Å². The van der Waals surface area contributed by atoms with Crippen LogP contribution in [0.25, 0.3) is 10.8 Å². The lowest BCUT2D eigenvalue weighted by Crippen LogP contribution is -2.36. The van der Waals surface area contributed by atoms with Gasteiger partial charge >= 0.3 is 5.97 Å². The van der Waals surface area contributed by atoms with Crippen LogP contribution in [0.1, 0.15) is 94.3 Å². The third-order valence-electron chi connectivity index (χ3n) is 8.85. The fourth-order valence-electron chi connectivity index (χ4n) is 6.04. The van der Waals surface area contributed by atoms with Crippen molar-refractivity contribution in [3.05, 3.63) is 98.5 Å². The smallest absolute Gasteiger partial charge is 0.338 e. The fraction of sp³-hybridized carbons (Fsp3) is 0.375. The number of rotatable bonds is 18. The molecule has 0 bridgehead atoms. The van der Waals surface area contributed by atoms with E-state index in [9.17, 15) is 9.59 Å². The van der Waals surface area contributed by atoms with E-state index in [1.54, 1.807) is 12.1 Å². The second kappa shape index (κ2) is 20.0. The number of fused-ring (bicyclic) bond motifs is 1. The Labute approximate surface area is 325 Å². The molecule has 1 unspecified atom stereocenters. The Balaban J connectivity index is 1.27. The maximum Gasteiger partial charge on any atom is 0.338 e. The number of hydrogen-bond acceptors (Lipinski definition) is 6. The van der Waals surface area contributed by atoms with Gasteiger partial charge in [0.25, 0.3) is 5.91 Å². The van der Waals surface area contributed by atoms with Gasteiger partial charge in [-0.3, -0.25) is 10.2 Å². The highest BCUT2D eigenvalue weighted by Gasteiger charge is 2.41. The van der Waals surface area contributed by atoms with Crippen molar-refractivity contribution in [1.29, 1.82) is 0 Å². The van der Waals surface area contributed by atoms with Gasteiger partial charge in [0.15, 0.2) is 5.84 Å². The molecule has 1 atom stereocenters. The number of nitrogens with zero attached hydrogens (tertiary/aromatic N) is 4. The second-order valence-electron chi connectivity index (χ2n) is 12.8. The lowest BCUT2D eigenvalue weighted by molar-refractivity contribution is -0.117. The molecular formula is C40H43Cl4N5O3. The van der Waals surface area contributed by atoms with Crippen molar-refractivity contribution >= 4 is 92.0 Å². The molecule has 1 aliphatic rings. The molecule has 0 aromatic heterocycles. The number of carbonyl (C=O) groups excluding carboxylic acids is 2. The molecule has 1 aliphatic heterocycles. The summed E-state index contributed by atoms with van der Waals surface area (Å²) >= 11 is 25.7. The number of benzene rings is 4. The first kappa shape index (κ1) is 39.5. The van der Waals surface area contributed by atoms with Gasteiger partial charge in [-0.1, -0.05) is 160 Å². The standard InChI is InChI=1S/C40H43Cl4N5O3/c1-2-3-4-5-6-7-8-9-10-11-12-15-23-52-40(51)28-21-22-31(42)35(24-28)45-38-36(47-46-34-20-16-18-27-17-13-14-19-30(27)34)39(50)49(48-38)37-32(43)25-29(41)26-33(37)44/h13-14,16-22,24-26,36H,2-12,15,23H2,1H3,(H,45,48). The lowest BCUT2D eigenvalue weighted by Gasteiger charge is -2.19. The average molecular weight is 784 g/mol. The quantitative estimate of drug-likeness (QED) is 0.0617. The molecule has 0 aliphatic carbocycles. The zero-order valence-electron chi connectivity index (χ0n) is 29.2. The Morgan fingerprint density at radius 2 is 1.38 bits per heavy atom. The van der Waals surface area contributed by atoms with Crippen LogP contribution in [-0.2, 0) is 9.53 Å². The summed E-state index contributed by atoms with van der Waals surface area (Å²) < 4.78 is 5.57. The minimum Gasteiger partial charge on any atom is -0.462 e. The van der Waals surface area contributed by atoms with Crippen molar-refractivity contribution in [1.82, 2.24) is 5.43 Å². The summed E-state index contributed by atoms with van der Waals surface area (Å²) in [7, 11) is 0. The maximum atomic E-state index is 13.9. The summed E-state index contributed by atoms with van der Waals surface area (Å²) in [6.07, 6.45) is 14.7. The summed E-state index contributed by atoms with van der Waals surface area (Å²) in [6.45, 7) is 2.57. The third kappa shape index (κ3) is 10.7. The van der Waals surface area contributed by atoms with Crippen LogP contribution in [0.3, 0.4) is 0 Å². The van der Waals surface area contributed by atoms with Crippen LogP contribution in [0, 0.1) is 0 Å². The maximum absolute atomic E-state index is 13.9. The molecule has 1 amide bonds. The molecule has 274 valence electrons.